The molecular formula is C14H18FN3O. The Morgan fingerprint density at radius 1 is 1.47 bits per heavy atom. The summed E-state index contributed by atoms with van der Waals surface area (Å²) in [6.45, 7) is 3.82. The maximum Gasteiger partial charge on any atom is 0.128 e. The molecule has 0 aliphatic carbocycles. The maximum absolute atomic E-state index is 13.4. The number of nitrogens with zero attached hydrogens (tertiary/aromatic N) is 1. The standard InChI is InChI=1S/C14H18FN3O/c1-8(16)6-13-17-9(2)14(18-13)11-7-10(15)4-5-12(11)19-3/h4-5,7-8H,6,16H2,1-3H3,(H,17,18). The number of methoxy groups -OCH3 is 1. The van der Waals surface area contributed by atoms with Gasteiger partial charge in [-0.3, -0.25) is 0 Å². The Morgan fingerprint density at radius 2 is 2.21 bits per heavy atom. The molecular weight excluding hydrogens is 245 g/mol. The van der Waals surface area contributed by atoms with Gasteiger partial charge in [0.1, 0.15) is 17.4 Å². The summed E-state index contributed by atoms with van der Waals surface area (Å²) in [7, 11) is 1.56. The van der Waals surface area contributed by atoms with Gasteiger partial charge in [0.25, 0.3) is 0 Å². The maximum atomic E-state index is 13.4. The fourth-order valence-electron chi connectivity index (χ4n) is 2.05. The molecule has 102 valence electrons. The number of aryl methyl sites for hydroxylation is 1. The highest BCUT2D eigenvalue weighted by Crippen LogP contribution is 2.31. The molecule has 4 nitrogen and oxygen atoms in total. The molecule has 0 bridgehead atoms. The fourth-order valence-corrected chi connectivity index (χ4v) is 2.05. The molecule has 0 aliphatic rings. The molecule has 1 aromatic heterocycles. The summed E-state index contributed by atoms with van der Waals surface area (Å²) < 4.78 is 18.7. The second-order valence-corrected chi connectivity index (χ2v) is 4.68. The summed E-state index contributed by atoms with van der Waals surface area (Å²) in [5, 5.41) is 0. The highest BCUT2D eigenvalue weighted by Gasteiger charge is 2.15. The Bertz CT molecular complexity index is 578. The van der Waals surface area contributed by atoms with Crippen molar-refractivity contribution in [2.24, 2.45) is 5.73 Å². The van der Waals surface area contributed by atoms with Crippen LogP contribution in [0.15, 0.2) is 18.2 Å². The summed E-state index contributed by atoms with van der Waals surface area (Å²) in [6.07, 6.45) is 0.651. The van der Waals surface area contributed by atoms with Gasteiger partial charge in [-0.2, -0.15) is 0 Å². The Hall–Kier alpha value is -1.88. The molecule has 1 aromatic carbocycles. The lowest BCUT2D eigenvalue weighted by Gasteiger charge is -2.07. The molecule has 0 saturated carbocycles. The molecule has 1 atom stereocenters. The fraction of sp³-hybridized carbons (Fsp3) is 0.357. The molecule has 3 N–H and O–H groups in total. The van der Waals surface area contributed by atoms with E-state index in [4.69, 9.17) is 10.5 Å². The second kappa shape index (κ2) is 5.40. The van der Waals surface area contributed by atoms with Crippen LogP contribution in [0, 0.1) is 12.7 Å². The summed E-state index contributed by atoms with van der Waals surface area (Å²) in [4.78, 5) is 7.66. The van der Waals surface area contributed by atoms with E-state index in [1.165, 1.54) is 12.1 Å². The van der Waals surface area contributed by atoms with Crippen LogP contribution in [-0.4, -0.2) is 23.1 Å². The minimum atomic E-state index is -0.313. The van der Waals surface area contributed by atoms with Crippen LogP contribution in [0.5, 0.6) is 5.75 Å². The van der Waals surface area contributed by atoms with E-state index >= 15 is 0 Å². The number of hydrogen-bond acceptors (Lipinski definition) is 3. The molecule has 0 aliphatic heterocycles. The van der Waals surface area contributed by atoms with E-state index in [-0.39, 0.29) is 11.9 Å². The molecule has 0 saturated heterocycles. The summed E-state index contributed by atoms with van der Waals surface area (Å²) in [6, 6.07) is 4.42. The first-order chi connectivity index (χ1) is 9.01. The molecule has 0 spiro atoms. The summed E-state index contributed by atoms with van der Waals surface area (Å²) in [5.74, 6) is 1.09. The van der Waals surface area contributed by atoms with Gasteiger partial charge in [-0.15, -0.1) is 0 Å². The minimum Gasteiger partial charge on any atom is -0.496 e. The van der Waals surface area contributed by atoms with Crippen molar-refractivity contribution in [1.29, 1.82) is 0 Å². The van der Waals surface area contributed by atoms with Crippen molar-refractivity contribution in [3.63, 3.8) is 0 Å². The van der Waals surface area contributed by atoms with Crippen LogP contribution < -0.4 is 10.5 Å². The minimum absolute atomic E-state index is 0.0211. The zero-order chi connectivity index (χ0) is 14.0. The van der Waals surface area contributed by atoms with E-state index in [2.05, 4.69) is 9.97 Å². The number of aromatic nitrogens is 2. The molecule has 0 radical (unpaired) electrons. The smallest absolute Gasteiger partial charge is 0.128 e. The van der Waals surface area contributed by atoms with Crippen molar-refractivity contribution < 1.29 is 9.13 Å². The zero-order valence-corrected chi connectivity index (χ0v) is 11.3. The summed E-state index contributed by atoms with van der Waals surface area (Å²) in [5.41, 5.74) is 7.98. The third-order valence-electron chi connectivity index (χ3n) is 2.87. The van der Waals surface area contributed by atoms with E-state index in [9.17, 15) is 4.39 Å². The van der Waals surface area contributed by atoms with Crippen molar-refractivity contribution in [2.75, 3.05) is 7.11 Å². The van der Waals surface area contributed by atoms with E-state index < -0.39 is 0 Å². The van der Waals surface area contributed by atoms with Crippen LogP contribution in [0.25, 0.3) is 11.3 Å². The molecule has 2 aromatic rings. The SMILES string of the molecule is COc1ccc(F)cc1-c1nc(CC(C)N)[nH]c1C. The van der Waals surface area contributed by atoms with Gasteiger partial charge in [-0.25, -0.2) is 9.37 Å². The van der Waals surface area contributed by atoms with Gasteiger partial charge >= 0.3 is 0 Å². The number of halogens is 1. The first-order valence-corrected chi connectivity index (χ1v) is 6.16. The Labute approximate surface area is 111 Å². The molecule has 2 rings (SSSR count). The summed E-state index contributed by atoms with van der Waals surface area (Å²) >= 11 is 0. The molecule has 1 unspecified atom stereocenters. The normalized spacial score (nSPS) is 12.5. The zero-order valence-electron chi connectivity index (χ0n) is 11.3. The van der Waals surface area contributed by atoms with Crippen molar-refractivity contribution in [1.82, 2.24) is 9.97 Å². The Balaban J connectivity index is 2.46. The molecule has 0 fully saturated rings. The number of rotatable bonds is 4. The third-order valence-corrected chi connectivity index (χ3v) is 2.87. The predicted octanol–water partition coefficient (Wildman–Crippen LogP) is 2.42. The average Bonchev–Trinajstić information content (AvgIpc) is 2.69. The number of nitrogens with one attached hydrogen (secondary N) is 1. The van der Waals surface area contributed by atoms with Crippen LogP contribution in [0.4, 0.5) is 4.39 Å². The lowest BCUT2D eigenvalue weighted by Crippen LogP contribution is -2.18. The van der Waals surface area contributed by atoms with E-state index in [0.717, 1.165) is 11.5 Å². The van der Waals surface area contributed by atoms with Crippen LogP contribution >= 0.6 is 0 Å². The highest BCUT2D eigenvalue weighted by molar-refractivity contribution is 5.69. The van der Waals surface area contributed by atoms with E-state index in [0.29, 0.717) is 23.4 Å². The number of H-pyrrole nitrogens is 1. The van der Waals surface area contributed by atoms with E-state index in [1.54, 1.807) is 13.2 Å². The quantitative estimate of drug-likeness (QED) is 0.890. The van der Waals surface area contributed by atoms with E-state index in [1.807, 2.05) is 13.8 Å². The van der Waals surface area contributed by atoms with Gasteiger partial charge in [0.05, 0.1) is 12.8 Å². The largest absolute Gasteiger partial charge is 0.496 e. The predicted molar refractivity (Wildman–Crippen MR) is 72.6 cm³/mol. The third kappa shape index (κ3) is 2.93. The number of hydrogen-bond donors (Lipinski definition) is 2. The van der Waals surface area contributed by atoms with Gasteiger partial charge in [0.15, 0.2) is 0 Å². The van der Waals surface area contributed by atoms with Gasteiger partial charge in [0.2, 0.25) is 0 Å². The lowest BCUT2D eigenvalue weighted by molar-refractivity contribution is 0.415. The number of imidazole rings is 1. The average molecular weight is 263 g/mol. The second-order valence-electron chi connectivity index (χ2n) is 4.68. The Kier molecular flexibility index (Phi) is 3.85. The van der Waals surface area contributed by atoms with Gasteiger partial charge in [0, 0.05) is 23.7 Å². The Morgan fingerprint density at radius 3 is 2.84 bits per heavy atom. The molecule has 5 heteroatoms. The molecule has 19 heavy (non-hydrogen) atoms. The number of ether oxygens (including phenoxy) is 1. The molecule has 0 amide bonds. The first kappa shape index (κ1) is 13.5. The number of nitrogens with two attached hydrogens (primary N) is 1. The van der Waals surface area contributed by atoms with Crippen molar-refractivity contribution in [3.8, 4) is 17.0 Å². The van der Waals surface area contributed by atoms with Crippen molar-refractivity contribution in [2.45, 2.75) is 26.3 Å². The van der Waals surface area contributed by atoms with Gasteiger partial charge < -0.3 is 15.5 Å². The first-order valence-electron chi connectivity index (χ1n) is 6.16. The van der Waals surface area contributed by atoms with Gasteiger partial charge in [-0.1, -0.05) is 0 Å². The number of benzene rings is 1. The van der Waals surface area contributed by atoms with Crippen LogP contribution in [0.2, 0.25) is 0 Å². The monoisotopic (exact) mass is 263 g/mol. The lowest BCUT2D eigenvalue weighted by atomic mass is 10.1. The van der Waals surface area contributed by atoms with Crippen molar-refractivity contribution in [3.05, 3.63) is 35.5 Å². The van der Waals surface area contributed by atoms with Crippen LogP contribution in [-0.2, 0) is 6.42 Å². The van der Waals surface area contributed by atoms with Crippen LogP contribution in [0.3, 0.4) is 0 Å². The number of aromatic amines is 1. The van der Waals surface area contributed by atoms with Crippen LogP contribution in [0.1, 0.15) is 18.4 Å². The van der Waals surface area contributed by atoms with Gasteiger partial charge in [-0.05, 0) is 32.0 Å². The topological polar surface area (TPSA) is 63.9 Å². The molecule has 1 heterocycles. The highest BCUT2D eigenvalue weighted by atomic mass is 19.1. The van der Waals surface area contributed by atoms with Crippen molar-refractivity contribution >= 4 is 0 Å².